The Morgan fingerprint density at radius 2 is 1.96 bits per heavy atom. The Morgan fingerprint density at radius 3 is 2.64 bits per heavy atom. The molecule has 0 spiro atoms. The van der Waals surface area contributed by atoms with Crippen molar-refractivity contribution < 1.29 is 4.79 Å². The molecule has 0 unspecified atom stereocenters. The van der Waals surface area contributed by atoms with E-state index in [4.69, 9.17) is 0 Å². The lowest BCUT2D eigenvalue weighted by Gasteiger charge is -2.26. The topological polar surface area (TPSA) is 59.0 Å². The maximum absolute atomic E-state index is 12.8. The molecular weight excluding hydrogens is 332 g/mol. The molecule has 1 aromatic carbocycles. The second-order valence-electron chi connectivity index (χ2n) is 6.51. The van der Waals surface area contributed by atoms with Gasteiger partial charge in [0.2, 0.25) is 0 Å². The molecule has 3 aromatic rings. The number of carbonyl (C=O) groups is 1. The summed E-state index contributed by atoms with van der Waals surface area (Å²) in [5, 5.41) is 13.8. The molecule has 0 saturated heterocycles. The zero-order valence-corrected chi connectivity index (χ0v) is 15.5. The van der Waals surface area contributed by atoms with E-state index in [1.165, 1.54) is 11.1 Å². The summed E-state index contributed by atoms with van der Waals surface area (Å²) in [6, 6.07) is 6.32. The highest BCUT2D eigenvalue weighted by atomic mass is 32.1. The first-order valence-electron chi connectivity index (χ1n) is 8.20. The summed E-state index contributed by atoms with van der Waals surface area (Å²) in [5.74, 6) is -0.0449. The van der Waals surface area contributed by atoms with Crippen LogP contribution in [0.3, 0.4) is 0 Å². The molecular formula is C19H20N4OS. The number of hydrogen-bond acceptors (Lipinski definition) is 4. The predicted octanol–water partition coefficient (Wildman–Crippen LogP) is 3.93. The van der Waals surface area contributed by atoms with E-state index in [1.54, 1.807) is 17.5 Å². The van der Waals surface area contributed by atoms with Gasteiger partial charge in [-0.15, -0.1) is 11.3 Å². The van der Waals surface area contributed by atoms with Gasteiger partial charge in [0.25, 0.3) is 5.91 Å². The van der Waals surface area contributed by atoms with Crippen LogP contribution in [0.2, 0.25) is 0 Å². The highest BCUT2D eigenvalue weighted by molar-refractivity contribution is 7.15. The Balaban J connectivity index is 1.73. The van der Waals surface area contributed by atoms with Crippen LogP contribution in [-0.2, 0) is 7.05 Å². The number of nitrogens with zero attached hydrogens (tertiary/aromatic N) is 2. The first-order chi connectivity index (χ1) is 12.0. The van der Waals surface area contributed by atoms with Crippen LogP contribution in [0.25, 0.3) is 11.1 Å². The summed E-state index contributed by atoms with van der Waals surface area (Å²) in [4.78, 5) is 12.8. The van der Waals surface area contributed by atoms with E-state index in [9.17, 15) is 4.79 Å². The minimum atomic E-state index is -0.250. The van der Waals surface area contributed by atoms with Crippen molar-refractivity contribution in [3.8, 4) is 11.1 Å². The van der Waals surface area contributed by atoms with Gasteiger partial charge in [0.15, 0.2) is 0 Å². The molecule has 1 amide bonds. The fourth-order valence-corrected chi connectivity index (χ4v) is 4.13. The number of carbonyl (C=O) groups excluding carboxylic acids is 1. The number of aryl methyl sites for hydroxylation is 3. The van der Waals surface area contributed by atoms with Crippen molar-refractivity contribution in [2.75, 3.05) is 5.32 Å². The van der Waals surface area contributed by atoms with E-state index in [-0.39, 0.29) is 12.1 Å². The zero-order chi connectivity index (χ0) is 17.7. The van der Waals surface area contributed by atoms with Gasteiger partial charge in [0.05, 0.1) is 11.8 Å². The number of benzene rings is 1. The third kappa shape index (κ3) is 2.53. The molecule has 128 valence electrons. The summed E-state index contributed by atoms with van der Waals surface area (Å²) < 4.78 is 1.81. The van der Waals surface area contributed by atoms with Gasteiger partial charge in [-0.3, -0.25) is 9.48 Å². The molecule has 6 heteroatoms. The van der Waals surface area contributed by atoms with Crippen LogP contribution in [-0.4, -0.2) is 15.7 Å². The standard InChI is InChI=1S/C19H20N4OS/c1-10-5-6-13(7-11(10)2)15-9-25-19-16(15)18(24)21-17(22-19)14-8-20-23(4)12(14)3/h5-9,17,22H,1-4H3,(H,21,24)/t17-/m0/s1. The van der Waals surface area contributed by atoms with Crippen LogP contribution >= 0.6 is 11.3 Å². The van der Waals surface area contributed by atoms with Crippen LogP contribution in [0.4, 0.5) is 5.00 Å². The smallest absolute Gasteiger partial charge is 0.256 e. The van der Waals surface area contributed by atoms with Gasteiger partial charge in [-0.1, -0.05) is 18.2 Å². The SMILES string of the molecule is Cc1ccc(-c2csc3c2C(=O)N[C@H](c2cnn(C)c2C)N3)cc1C. The summed E-state index contributed by atoms with van der Waals surface area (Å²) >= 11 is 1.57. The summed E-state index contributed by atoms with van der Waals surface area (Å²) in [6.45, 7) is 6.19. The number of fused-ring (bicyclic) bond motifs is 1. The number of hydrogen-bond donors (Lipinski definition) is 2. The Bertz CT molecular complexity index is 985. The van der Waals surface area contributed by atoms with Crippen LogP contribution in [0.5, 0.6) is 0 Å². The average molecular weight is 352 g/mol. The van der Waals surface area contributed by atoms with Crippen LogP contribution < -0.4 is 10.6 Å². The number of thiophene rings is 1. The number of anilines is 1. The van der Waals surface area contributed by atoms with Crippen molar-refractivity contribution >= 4 is 22.2 Å². The molecule has 2 N–H and O–H groups in total. The van der Waals surface area contributed by atoms with Gasteiger partial charge in [-0.05, 0) is 37.5 Å². The van der Waals surface area contributed by atoms with E-state index < -0.39 is 0 Å². The van der Waals surface area contributed by atoms with Crippen molar-refractivity contribution in [2.45, 2.75) is 26.9 Å². The molecule has 3 heterocycles. The van der Waals surface area contributed by atoms with E-state index in [0.29, 0.717) is 0 Å². The highest BCUT2D eigenvalue weighted by Gasteiger charge is 2.30. The lowest BCUT2D eigenvalue weighted by atomic mass is 9.98. The number of rotatable bonds is 2. The van der Waals surface area contributed by atoms with Crippen LogP contribution in [0.1, 0.15) is 38.9 Å². The second-order valence-corrected chi connectivity index (χ2v) is 7.39. The zero-order valence-electron chi connectivity index (χ0n) is 14.7. The molecule has 2 aromatic heterocycles. The van der Waals surface area contributed by atoms with E-state index in [2.05, 4.69) is 53.2 Å². The Kier molecular flexibility index (Phi) is 3.65. The largest absolute Gasteiger partial charge is 0.352 e. The summed E-state index contributed by atoms with van der Waals surface area (Å²) in [6.07, 6.45) is 1.55. The van der Waals surface area contributed by atoms with Gasteiger partial charge < -0.3 is 10.6 Å². The first kappa shape index (κ1) is 15.9. The second kappa shape index (κ2) is 5.74. The number of amides is 1. The third-order valence-electron chi connectivity index (χ3n) is 4.97. The third-order valence-corrected chi connectivity index (χ3v) is 5.88. The molecule has 0 bridgehead atoms. The molecule has 4 rings (SSSR count). The van der Waals surface area contributed by atoms with Crippen molar-refractivity contribution in [3.63, 3.8) is 0 Å². The monoisotopic (exact) mass is 352 g/mol. The Hall–Kier alpha value is -2.60. The fourth-order valence-electron chi connectivity index (χ4n) is 3.14. The van der Waals surface area contributed by atoms with E-state index in [1.807, 2.05) is 18.7 Å². The van der Waals surface area contributed by atoms with Gasteiger partial charge in [0.1, 0.15) is 11.2 Å². The fraction of sp³-hybridized carbons (Fsp3) is 0.263. The maximum atomic E-state index is 12.8. The molecule has 1 aliphatic rings. The summed E-state index contributed by atoms with van der Waals surface area (Å²) in [5.41, 5.74) is 7.29. The quantitative estimate of drug-likeness (QED) is 0.735. The molecule has 0 radical (unpaired) electrons. The average Bonchev–Trinajstić information content (AvgIpc) is 3.15. The number of aromatic nitrogens is 2. The molecule has 0 saturated carbocycles. The Labute approximate surface area is 150 Å². The molecule has 25 heavy (non-hydrogen) atoms. The van der Waals surface area contributed by atoms with E-state index >= 15 is 0 Å². The van der Waals surface area contributed by atoms with Gasteiger partial charge >= 0.3 is 0 Å². The van der Waals surface area contributed by atoms with Crippen LogP contribution in [0.15, 0.2) is 29.8 Å². The first-order valence-corrected chi connectivity index (χ1v) is 9.08. The normalized spacial score (nSPS) is 16.3. The minimum absolute atomic E-state index is 0.0449. The number of nitrogens with one attached hydrogen (secondary N) is 2. The molecule has 1 atom stereocenters. The van der Waals surface area contributed by atoms with Crippen molar-refractivity contribution in [3.05, 3.63) is 57.7 Å². The predicted molar refractivity (Wildman–Crippen MR) is 101 cm³/mol. The minimum Gasteiger partial charge on any atom is -0.352 e. The molecule has 1 aliphatic heterocycles. The maximum Gasteiger partial charge on any atom is 0.256 e. The lowest BCUT2D eigenvalue weighted by Crippen LogP contribution is -2.38. The Morgan fingerprint density at radius 1 is 1.16 bits per heavy atom. The molecule has 0 fully saturated rings. The van der Waals surface area contributed by atoms with Crippen LogP contribution in [0, 0.1) is 20.8 Å². The lowest BCUT2D eigenvalue weighted by molar-refractivity contribution is 0.0937. The van der Waals surface area contributed by atoms with Crippen molar-refractivity contribution in [2.24, 2.45) is 7.05 Å². The van der Waals surface area contributed by atoms with Crippen molar-refractivity contribution in [1.29, 1.82) is 0 Å². The summed E-state index contributed by atoms with van der Waals surface area (Å²) in [7, 11) is 1.90. The highest BCUT2D eigenvalue weighted by Crippen LogP contribution is 2.40. The molecule has 5 nitrogen and oxygen atoms in total. The van der Waals surface area contributed by atoms with Crippen molar-refractivity contribution in [1.82, 2.24) is 15.1 Å². The van der Waals surface area contributed by atoms with Gasteiger partial charge in [-0.2, -0.15) is 5.10 Å². The van der Waals surface area contributed by atoms with E-state index in [0.717, 1.165) is 32.9 Å². The van der Waals surface area contributed by atoms with Gasteiger partial charge in [0, 0.05) is 29.2 Å². The molecule has 0 aliphatic carbocycles. The van der Waals surface area contributed by atoms with Gasteiger partial charge in [-0.25, -0.2) is 0 Å².